The average molecular weight is 947 g/mol. The van der Waals surface area contributed by atoms with Gasteiger partial charge >= 0.3 is 0 Å². The van der Waals surface area contributed by atoms with Gasteiger partial charge in [-0.3, -0.25) is 0 Å². The highest BCUT2D eigenvalue weighted by atomic mass is 15.0. The Morgan fingerprint density at radius 3 is 0.932 bits per heavy atom. The normalized spacial score (nSPS) is 11.5. The van der Waals surface area contributed by atoms with Gasteiger partial charge in [0, 0.05) is 32.7 Å². The van der Waals surface area contributed by atoms with Crippen LogP contribution in [0.2, 0.25) is 0 Å². The zero-order chi connectivity index (χ0) is 50.0. The number of rotatable bonds is 8. The van der Waals surface area contributed by atoms with E-state index >= 15 is 0 Å². The van der Waals surface area contributed by atoms with E-state index in [4.69, 9.17) is 4.98 Å². The maximum absolute atomic E-state index is 11.9. The van der Waals surface area contributed by atoms with E-state index in [9.17, 15) is 5.26 Å². The fraction of sp³-hybridized carbons (Fsp3) is 0.0571. The summed E-state index contributed by atoms with van der Waals surface area (Å²) in [5.74, 6) is 0. The van der Waals surface area contributed by atoms with Crippen molar-refractivity contribution in [1.82, 2.24) is 14.1 Å². The standard InChI is InChI=1S/C70H50N4/c1-44-13-21-48(22-14-44)53-29-33-65-58(37-53)59-38-54(49-23-15-45(2)16-24-49)30-34-66(59)73(65)69-41-57(64-12-8-11-63(72-64)52-9-6-5-7-10-52)42-70(62(69)43-71)74-67-35-31-55(50-25-17-46(3)18-26-50)39-60(67)61-40-56(32-36-68(61)74)51-27-19-47(4)20-28-51/h5-42H,1-4H3. The summed E-state index contributed by atoms with van der Waals surface area (Å²) < 4.78 is 4.63. The van der Waals surface area contributed by atoms with E-state index in [1.165, 1.54) is 22.3 Å². The van der Waals surface area contributed by atoms with Crippen molar-refractivity contribution in [3.8, 4) is 84.5 Å². The lowest BCUT2D eigenvalue weighted by atomic mass is 9.99. The zero-order valence-electron chi connectivity index (χ0n) is 41.7. The number of aromatic nitrogens is 3. The molecule has 0 unspecified atom stereocenters. The third-order valence-corrected chi connectivity index (χ3v) is 14.9. The molecular weight excluding hydrogens is 897 g/mol. The third-order valence-electron chi connectivity index (χ3n) is 14.9. The maximum atomic E-state index is 11.9. The Balaban J connectivity index is 1.12. The average Bonchev–Trinajstić information content (AvgIpc) is 3.97. The molecule has 0 aliphatic carbocycles. The molecule has 0 atom stereocenters. The molecule has 0 amide bonds. The van der Waals surface area contributed by atoms with Gasteiger partial charge in [-0.1, -0.05) is 180 Å². The highest BCUT2D eigenvalue weighted by Gasteiger charge is 2.24. The van der Waals surface area contributed by atoms with Gasteiger partial charge in [0.2, 0.25) is 0 Å². The zero-order valence-corrected chi connectivity index (χ0v) is 41.7. The molecule has 13 rings (SSSR count). The lowest BCUT2D eigenvalue weighted by molar-refractivity contribution is 1.12. The van der Waals surface area contributed by atoms with Crippen LogP contribution in [0.5, 0.6) is 0 Å². The van der Waals surface area contributed by atoms with Crippen LogP contribution in [0.3, 0.4) is 0 Å². The summed E-state index contributed by atoms with van der Waals surface area (Å²) in [4.78, 5) is 5.37. The first-order valence-corrected chi connectivity index (χ1v) is 25.3. The van der Waals surface area contributed by atoms with Crippen LogP contribution in [0.25, 0.3) is 122 Å². The molecule has 0 spiro atoms. The molecule has 0 aliphatic rings. The van der Waals surface area contributed by atoms with Gasteiger partial charge in [-0.15, -0.1) is 0 Å². The van der Waals surface area contributed by atoms with E-state index in [1.807, 2.05) is 6.07 Å². The summed E-state index contributed by atoms with van der Waals surface area (Å²) in [6.45, 7) is 8.50. The topological polar surface area (TPSA) is 46.5 Å². The van der Waals surface area contributed by atoms with Gasteiger partial charge < -0.3 is 9.13 Å². The van der Waals surface area contributed by atoms with Gasteiger partial charge in [-0.25, -0.2) is 4.98 Å². The molecule has 3 heterocycles. The summed E-state index contributed by atoms with van der Waals surface area (Å²) >= 11 is 0. The Kier molecular flexibility index (Phi) is 10.8. The second-order valence-corrected chi connectivity index (χ2v) is 19.8. The van der Waals surface area contributed by atoms with Crippen molar-refractivity contribution in [2.75, 3.05) is 0 Å². The van der Waals surface area contributed by atoms with Crippen LogP contribution < -0.4 is 0 Å². The number of pyridine rings is 1. The van der Waals surface area contributed by atoms with Gasteiger partial charge in [0.25, 0.3) is 0 Å². The highest BCUT2D eigenvalue weighted by molar-refractivity contribution is 6.14. The molecule has 13 aromatic rings. The molecule has 10 aromatic carbocycles. The number of aryl methyl sites for hydroxylation is 4. The van der Waals surface area contributed by atoms with Crippen LogP contribution in [0.15, 0.2) is 231 Å². The molecule has 0 saturated carbocycles. The van der Waals surface area contributed by atoms with Crippen molar-refractivity contribution >= 4 is 43.6 Å². The van der Waals surface area contributed by atoms with Crippen LogP contribution in [-0.4, -0.2) is 14.1 Å². The molecule has 4 nitrogen and oxygen atoms in total. The predicted octanol–water partition coefficient (Wildman–Crippen LogP) is 18.4. The third kappa shape index (κ3) is 7.75. The molecule has 74 heavy (non-hydrogen) atoms. The second kappa shape index (κ2) is 17.9. The van der Waals surface area contributed by atoms with Crippen molar-refractivity contribution in [3.63, 3.8) is 0 Å². The van der Waals surface area contributed by atoms with E-state index in [2.05, 4.69) is 267 Å². The fourth-order valence-corrected chi connectivity index (χ4v) is 10.9. The van der Waals surface area contributed by atoms with Crippen molar-refractivity contribution in [3.05, 3.63) is 258 Å². The Labute approximate surface area is 431 Å². The molecule has 0 fully saturated rings. The largest absolute Gasteiger partial charge is 0.308 e. The van der Waals surface area contributed by atoms with Crippen LogP contribution in [0.4, 0.5) is 0 Å². The summed E-state index contributed by atoms with van der Waals surface area (Å²) in [5.41, 5.74) is 23.8. The molecule has 0 aliphatic heterocycles. The van der Waals surface area contributed by atoms with E-state index in [-0.39, 0.29) is 0 Å². The first kappa shape index (κ1) is 44.4. The maximum Gasteiger partial charge on any atom is 0.104 e. The molecule has 4 heteroatoms. The van der Waals surface area contributed by atoms with E-state index in [0.717, 1.165) is 122 Å². The van der Waals surface area contributed by atoms with Crippen molar-refractivity contribution < 1.29 is 0 Å². The van der Waals surface area contributed by atoms with E-state index in [1.54, 1.807) is 0 Å². The first-order chi connectivity index (χ1) is 36.2. The second-order valence-electron chi connectivity index (χ2n) is 19.8. The predicted molar refractivity (Wildman–Crippen MR) is 309 cm³/mol. The quantitative estimate of drug-likeness (QED) is 0.152. The minimum atomic E-state index is 0.556. The molecule has 3 aromatic heterocycles. The Morgan fingerprint density at radius 2 is 0.608 bits per heavy atom. The van der Waals surface area contributed by atoms with Gasteiger partial charge in [0.15, 0.2) is 0 Å². The Bertz CT molecular complexity index is 3920. The number of fused-ring (bicyclic) bond motifs is 6. The molecule has 0 saturated heterocycles. The van der Waals surface area contributed by atoms with Crippen LogP contribution >= 0.6 is 0 Å². The number of hydrogen-bond donors (Lipinski definition) is 0. The SMILES string of the molecule is Cc1ccc(-c2ccc3c(c2)c2cc(-c4ccc(C)cc4)ccc2n3-c2cc(-c3cccc(-c4ccccc4)n3)cc(-n3c4ccc(-c5ccc(C)cc5)cc4c4cc(-c5ccc(C)cc5)ccc43)c2C#N)cc1. The Hall–Kier alpha value is -9.56. The summed E-state index contributed by atoms with van der Waals surface area (Å²) in [6.07, 6.45) is 0. The minimum Gasteiger partial charge on any atom is -0.308 e. The van der Waals surface area contributed by atoms with Crippen molar-refractivity contribution in [1.29, 1.82) is 5.26 Å². The summed E-state index contributed by atoms with van der Waals surface area (Å²) in [5, 5.41) is 16.3. The first-order valence-electron chi connectivity index (χ1n) is 25.3. The van der Waals surface area contributed by atoms with Crippen LogP contribution in [0, 0.1) is 39.0 Å². The number of nitrogens with zero attached hydrogens (tertiary/aromatic N) is 4. The Morgan fingerprint density at radius 1 is 0.297 bits per heavy atom. The van der Waals surface area contributed by atoms with Gasteiger partial charge in [0.05, 0.1) is 44.8 Å². The lowest BCUT2D eigenvalue weighted by Gasteiger charge is -2.18. The number of nitriles is 1. The number of benzene rings is 10. The highest BCUT2D eigenvalue weighted by Crippen LogP contribution is 2.43. The van der Waals surface area contributed by atoms with Crippen LogP contribution in [0.1, 0.15) is 27.8 Å². The number of hydrogen-bond acceptors (Lipinski definition) is 2. The molecule has 0 radical (unpaired) electrons. The minimum absolute atomic E-state index is 0.556. The fourth-order valence-electron chi connectivity index (χ4n) is 10.9. The van der Waals surface area contributed by atoms with E-state index in [0.29, 0.717) is 5.56 Å². The van der Waals surface area contributed by atoms with Gasteiger partial charge in [0.1, 0.15) is 11.6 Å². The van der Waals surface area contributed by atoms with E-state index < -0.39 is 0 Å². The smallest absolute Gasteiger partial charge is 0.104 e. The van der Waals surface area contributed by atoms with Crippen LogP contribution in [-0.2, 0) is 0 Å². The van der Waals surface area contributed by atoms with Crippen molar-refractivity contribution in [2.45, 2.75) is 27.7 Å². The van der Waals surface area contributed by atoms with Crippen molar-refractivity contribution in [2.24, 2.45) is 0 Å². The molecule has 0 bridgehead atoms. The lowest BCUT2D eigenvalue weighted by Crippen LogP contribution is -2.05. The summed E-state index contributed by atoms with van der Waals surface area (Å²) in [6, 6.07) is 85.8. The molecule has 350 valence electrons. The van der Waals surface area contributed by atoms with Gasteiger partial charge in [-0.05, 0) is 145 Å². The molecular formula is C70H50N4. The molecule has 0 N–H and O–H groups in total. The van der Waals surface area contributed by atoms with Gasteiger partial charge in [-0.2, -0.15) is 5.26 Å². The summed E-state index contributed by atoms with van der Waals surface area (Å²) in [7, 11) is 0. The monoisotopic (exact) mass is 946 g/mol.